The third kappa shape index (κ3) is 4.10. The van der Waals surface area contributed by atoms with E-state index >= 15 is 0 Å². The van der Waals surface area contributed by atoms with E-state index in [0.29, 0.717) is 19.3 Å². The van der Waals surface area contributed by atoms with Gasteiger partial charge in [0.2, 0.25) is 0 Å². The minimum Gasteiger partial charge on any atom is -0.504 e. The van der Waals surface area contributed by atoms with Gasteiger partial charge in [0, 0.05) is 18.4 Å². The molecule has 3 aliphatic rings. The highest BCUT2D eigenvalue weighted by molar-refractivity contribution is 6.00. The predicted molar refractivity (Wildman–Crippen MR) is 111 cm³/mol. The van der Waals surface area contributed by atoms with E-state index < -0.39 is 11.9 Å². The summed E-state index contributed by atoms with van der Waals surface area (Å²) in [7, 11) is 0. The number of carbonyl (C=O) groups is 3. The molecule has 0 aromatic heterocycles. The molecule has 3 amide bonds. The second kappa shape index (κ2) is 8.34. The van der Waals surface area contributed by atoms with Gasteiger partial charge in [-0.15, -0.1) is 0 Å². The smallest absolute Gasteiger partial charge is 0.324 e. The Morgan fingerprint density at radius 3 is 2.80 bits per heavy atom. The van der Waals surface area contributed by atoms with Gasteiger partial charge in [0.05, 0.1) is 5.70 Å². The minimum atomic E-state index is -0.616. The number of amides is 3. The molecule has 4 N–H and O–H groups in total. The van der Waals surface area contributed by atoms with Crippen LogP contribution in [0.2, 0.25) is 0 Å². The number of benzene rings is 1. The molecule has 7 heteroatoms. The fraction of sp³-hybridized carbons (Fsp3) is 0.435. The molecule has 4 rings (SSSR count). The molecule has 1 fully saturated rings. The number of carbonyl (C=O) groups excluding carboxylic acids is 3. The molecular weight excluding hydrogens is 382 g/mol. The summed E-state index contributed by atoms with van der Waals surface area (Å²) in [6.07, 6.45) is 5.81. The number of urea groups is 1. The largest absolute Gasteiger partial charge is 0.504 e. The Morgan fingerprint density at radius 1 is 1.17 bits per heavy atom. The number of hydrogen-bond acceptors (Lipinski definition) is 4. The lowest BCUT2D eigenvalue weighted by Crippen LogP contribution is -2.47. The number of fused-ring (bicyclic) bond motifs is 1. The second-order valence-corrected chi connectivity index (χ2v) is 8.42. The minimum absolute atomic E-state index is 0.0175. The summed E-state index contributed by atoms with van der Waals surface area (Å²) in [4.78, 5) is 37.0. The topological polar surface area (TPSA) is 108 Å². The molecule has 1 saturated carbocycles. The molecule has 0 radical (unpaired) electrons. The van der Waals surface area contributed by atoms with Gasteiger partial charge in [-0.2, -0.15) is 0 Å². The average Bonchev–Trinajstić information content (AvgIpc) is 3.19. The fourth-order valence-electron chi connectivity index (χ4n) is 4.85. The third-order valence-corrected chi connectivity index (χ3v) is 6.42. The van der Waals surface area contributed by atoms with E-state index in [9.17, 15) is 19.5 Å². The summed E-state index contributed by atoms with van der Waals surface area (Å²) in [6.45, 7) is 3.51. The van der Waals surface area contributed by atoms with Crippen molar-refractivity contribution < 1.29 is 19.5 Å². The van der Waals surface area contributed by atoms with E-state index in [4.69, 9.17) is 0 Å². The summed E-state index contributed by atoms with van der Waals surface area (Å²) < 4.78 is 0. The fourth-order valence-corrected chi connectivity index (χ4v) is 4.85. The number of ketones is 1. The molecule has 1 heterocycles. The molecule has 3 atom stereocenters. The number of aliphatic hydroxyl groups excluding tert-OH is 1. The first kappa shape index (κ1) is 20.2. The molecule has 1 aromatic rings. The van der Waals surface area contributed by atoms with Crippen LogP contribution in [0.25, 0.3) is 0 Å². The normalized spacial score (nSPS) is 25.9. The Hall–Kier alpha value is -3.09. The highest BCUT2D eigenvalue weighted by atomic mass is 16.3. The van der Waals surface area contributed by atoms with E-state index in [2.05, 4.69) is 40.7 Å². The van der Waals surface area contributed by atoms with Gasteiger partial charge in [-0.25, -0.2) is 4.79 Å². The Bertz CT molecular complexity index is 936. The van der Waals surface area contributed by atoms with E-state index in [1.165, 1.54) is 11.1 Å². The van der Waals surface area contributed by atoms with Crippen molar-refractivity contribution in [1.29, 1.82) is 0 Å². The molecule has 1 aliphatic heterocycles. The average molecular weight is 409 g/mol. The molecule has 0 spiro atoms. The van der Waals surface area contributed by atoms with Gasteiger partial charge in [-0.1, -0.05) is 30.8 Å². The number of aliphatic hydroxyl groups is 1. The van der Waals surface area contributed by atoms with Crippen molar-refractivity contribution in [3.8, 4) is 0 Å². The number of hydrogen-bond donors (Lipinski definition) is 4. The van der Waals surface area contributed by atoms with Crippen LogP contribution in [0.3, 0.4) is 0 Å². The highest BCUT2D eigenvalue weighted by Gasteiger charge is 2.34. The molecule has 158 valence electrons. The first-order valence-electron chi connectivity index (χ1n) is 10.5. The summed E-state index contributed by atoms with van der Waals surface area (Å²) in [5.74, 6) is -0.464. The summed E-state index contributed by atoms with van der Waals surface area (Å²) >= 11 is 0. The quantitative estimate of drug-likeness (QED) is 0.600. The lowest BCUT2D eigenvalue weighted by Gasteiger charge is -2.26. The van der Waals surface area contributed by atoms with Gasteiger partial charge in [0.25, 0.3) is 5.91 Å². The molecule has 0 unspecified atom stereocenters. The Labute approximate surface area is 175 Å². The van der Waals surface area contributed by atoms with Crippen molar-refractivity contribution >= 4 is 17.7 Å². The monoisotopic (exact) mass is 409 g/mol. The number of rotatable bonds is 5. The van der Waals surface area contributed by atoms with Gasteiger partial charge in [0.1, 0.15) is 5.78 Å². The van der Waals surface area contributed by atoms with Gasteiger partial charge in [-0.05, 0) is 55.6 Å². The van der Waals surface area contributed by atoms with Crippen LogP contribution in [0.4, 0.5) is 4.79 Å². The number of Topliss-reactive ketones (excluding diaryl/α,β-unsaturated/α-hetero) is 1. The van der Waals surface area contributed by atoms with E-state index in [-0.39, 0.29) is 40.8 Å². The van der Waals surface area contributed by atoms with Crippen LogP contribution in [0.15, 0.2) is 48.0 Å². The van der Waals surface area contributed by atoms with Crippen molar-refractivity contribution in [3.05, 3.63) is 59.1 Å². The lowest BCUT2D eigenvalue weighted by molar-refractivity contribution is -0.123. The first-order chi connectivity index (χ1) is 14.4. The summed E-state index contributed by atoms with van der Waals surface area (Å²) in [5, 5.41) is 17.4. The second-order valence-electron chi connectivity index (χ2n) is 8.42. The maximum Gasteiger partial charge on any atom is 0.324 e. The van der Waals surface area contributed by atoms with Crippen LogP contribution < -0.4 is 16.0 Å². The predicted octanol–water partition coefficient (Wildman–Crippen LogP) is 2.95. The zero-order valence-electron chi connectivity index (χ0n) is 16.9. The molecule has 0 bridgehead atoms. The van der Waals surface area contributed by atoms with Crippen molar-refractivity contribution in [3.63, 3.8) is 0 Å². The first-order valence-corrected chi connectivity index (χ1v) is 10.5. The molecule has 7 nitrogen and oxygen atoms in total. The van der Waals surface area contributed by atoms with Crippen LogP contribution >= 0.6 is 0 Å². The highest BCUT2D eigenvalue weighted by Crippen LogP contribution is 2.36. The van der Waals surface area contributed by atoms with Crippen molar-refractivity contribution in [1.82, 2.24) is 16.0 Å². The Kier molecular flexibility index (Phi) is 5.61. The zero-order valence-corrected chi connectivity index (χ0v) is 16.9. The maximum atomic E-state index is 13.0. The Balaban J connectivity index is 1.34. The zero-order chi connectivity index (χ0) is 21.3. The van der Waals surface area contributed by atoms with E-state index in [0.717, 1.165) is 25.7 Å². The Morgan fingerprint density at radius 2 is 1.97 bits per heavy atom. The van der Waals surface area contributed by atoms with Gasteiger partial charge < -0.3 is 15.7 Å². The molecule has 1 aromatic carbocycles. The van der Waals surface area contributed by atoms with E-state index in [1.54, 1.807) is 0 Å². The van der Waals surface area contributed by atoms with Crippen LogP contribution in [0.1, 0.15) is 55.6 Å². The third-order valence-electron chi connectivity index (χ3n) is 6.42. The number of aryl methyl sites for hydroxylation is 1. The molecular formula is C23H27N3O4. The van der Waals surface area contributed by atoms with Crippen LogP contribution in [0, 0.1) is 5.92 Å². The van der Waals surface area contributed by atoms with Gasteiger partial charge in [-0.3, -0.25) is 14.9 Å². The van der Waals surface area contributed by atoms with Gasteiger partial charge >= 0.3 is 6.03 Å². The molecule has 0 saturated heterocycles. The molecule has 2 aliphatic carbocycles. The van der Waals surface area contributed by atoms with Crippen molar-refractivity contribution in [2.75, 3.05) is 0 Å². The van der Waals surface area contributed by atoms with Crippen molar-refractivity contribution in [2.24, 2.45) is 5.92 Å². The van der Waals surface area contributed by atoms with Crippen molar-refractivity contribution in [2.45, 2.75) is 56.9 Å². The molecule has 30 heavy (non-hydrogen) atoms. The van der Waals surface area contributed by atoms with Crippen LogP contribution in [0.5, 0.6) is 0 Å². The van der Waals surface area contributed by atoms with E-state index in [1.807, 2.05) is 6.07 Å². The standard InChI is InChI=1S/C23H27N3O4/c1-13-21(28)20(26-23(30)24-13)22(29)25-17-10-9-16(11-17)19(27)12-15-7-4-6-14-5-2-3-8-18(14)15/h2-3,5,8,15-17,28H,1,4,6-7,9-12H2,(H,25,29)(H2,24,26,30)/t15-,16-,17-/m1/s1. The summed E-state index contributed by atoms with van der Waals surface area (Å²) in [6, 6.07) is 7.62. The van der Waals surface area contributed by atoms with Crippen LogP contribution in [-0.4, -0.2) is 28.9 Å². The maximum absolute atomic E-state index is 13.0. The van der Waals surface area contributed by atoms with Gasteiger partial charge in [0.15, 0.2) is 11.5 Å². The number of nitrogens with one attached hydrogen (secondary N) is 3. The van der Waals surface area contributed by atoms with Crippen LogP contribution in [-0.2, 0) is 16.0 Å². The SMILES string of the molecule is C=C1NC(=O)NC(C(=O)N[C@@H]2CC[C@@H](C(=O)C[C@H]3CCCc4ccccc43)C2)=C1O. The summed E-state index contributed by atoms with van der Waals surface area (Å²) in [5.41, 5.74) is 2.44. The lowest BCUT2D eigenvalue weighted by atomic mass is 9.79.